The van der Waals surface area contributed by atoms with E-state index in [1.807, 2.05) is 75.2 Å². The Morgan fingerprint density at radius 2 is 1.82 bits per heavy atom. The molecular formula is C22H24N6. The van der Waals surface area contributed by atoms with Crippen molar-refractivity contribution in [1.29, 1.82) is 0 Å². The van der Waals surface area contributed by atoms with Gasteiger partial charge in [0.15, 0.2) is 5.82 Å². The van der Waals surface area contributed by atoms with Crippen LogP contribution in [0.2, 0.25) is 0 Å². The highest BCUT2D eigenvalue weighted by molar-refractivity contribution is 5.96. The van der Waals surface area contributed by atoms with E-state index in [2.05, 4.69) is 27.1 Å². The molecule has 4 rings (SSSR count). The van der Waals surface area contributed by atoms with E-state index in [9.17, 15) is 0 Å². The maximum atomic E-state index is 6.03. The fourth-order valence-electron chi connectivity index (χ4n) is 3.32. The summed E-state index contributed by atoms with van der Waals surface area (Å²) >= 11 is 0. The summed E-state index contributed by atoms with van der Waals surface area (Å²) in [5.41, 5.74) is 11.9. The summed E-state index contributed by atoms with van der Waals surface area (Å²) in [7, 11) is 4.07. The molecule has 0 saturated heterocycles. The van der Waals surface area contributed by atoms with E-state index in [-0.39, 0.29) is 6.04 Å². The van der Waals surface area contributed by atoms with Gasteiger partial charge in [-0.15, -0.1) is 0 Å². The molecule has 0 radical (unpaired) electrons. The molecule has 0 aliphatic rings. The number of nitrogens with zero attached hydrogens (tertiary/aromatic N) is 5. The predicted molar refractivity (Wildman–Crippen MR) is 114 cm³/mol. The third kappa shape index (κ3) is 3.23. The van der Waals surface area contributed by atoms with E-state index >= 15 is 0 Å². The van der Waals surface area contributed by atoms with Crippen molar-refractivity contribution in [1.82, 2.24) is 19.7 Å². The van der Waals surface area contributed by atoms with Crippen LogP contribution in [-0.4, -0.2) is 33.8 Å². The first-order chi connectivity index (χ1) is 13.4. The monoisotopic (exact) mass is 372 g/mol. The SMILES string of the molecule is Cc1cccc(-n2ncc3c(N(C)C)cc(-c4cccc(C(C)N)n4)cc32)n1. The van der Waals surface area contributed by atoms with Crippen LogP contribution in [0.15, 0.2) is 54.7 Å². The van der Waals surface area contributed by atoms with E-state index in [4.69, 9.17) is 10.7 Å². The molecule has 1 aromatic carbocycles. The highest BCUT2D eigenvalue weighted by Crippen LogP contribution is 2.33. The first-order valence-electron chi connectivity index (χ1n) is 9.30. The second kappa shape index (κ2) is 7.05. The molecule has 0 aliphatic carbocycles. The number of aromatic nitrogens is 4. The molecule has 0 spiro atoms. The molecule has 0 amide bonds. The molecule has 0 fully saturated rings. The van der Waals surface area contributed by atoms with Crippen LogP contribution in [0.3, 0.4) is 0 Å². The van der Waals surface area contributed by atoms with Crippen molar-refractivity contribution in [3.8, 4) is 17.1 Å². The molecule has 0 aliphatic heterocycles. The number of hydrogen-bond donors (Lipinski definition) is 1. The number of benzene rings is 1. The summed E-state index contributed by atoms with van der Waals surface area (Å²) in [6, 6.07) is 16.1. The number of anilines is 1. The topological polar surface area (TPSA) is 72.9 Å². The summed E-state index contributed by atoms with van der Waals surface area (Å²) in [5, 5.41) is 5.69. The normalized spacial score (nSPS) is 12.3. The fraction of sp³-hybridized carbons (Fsp3) is 0.227. The minimum absolute atomic E-state index is 0.112. The molecule has 6 nitrogen and oxygen atoms in total. The van der Waals surface area contributed by atoms with Crippen molar-refractivity contribution in [3.05, 3.63) is 66.1 Å². The maximum Gasteiger partial charge on any atom is 0.154 e. The molecule has 6 heteroatoms. The van der Waals surface area contributed by atoms with Crippen LogP contribution in [0.25, 0.3) is 28.0 Å². The van der Waals surface area contributed by atoms with Gasteiger partial charge in [0.2, 0.25) is 0 Å². The van der Waals surface area contributed by atoms with Crippen molar-refractivity contribution in [2.45, 2.75) is 19.9 Å². The van der Waals surface area contributed by atoms with E-state index in [0.717, 1.165) is 45.1 Å². The van der Waals surface area contributed by atoms with Gasteiger partial charge < -0.3 is 10.6 Å². The van der Waals surface area contributed by atoms with Crippen LogP contribution in [0.5, 0.6) is 0 Å². The minimum Gasteiger partial charge on any atom is -0.377 e. The Morgan fingerprint density at radius 1 is 1.04 bits per heavy atom. The number of pyridine rings is 2. The zero-order chi connectivity index (χ0) is 19.8. The van der Waals surface area contributed by atoms with Crippen LogP contribution in [-0.2, 0) is 0 Å². The van der Waals surface area contributed by atoms with E-state index in [0.29, 0.717) is 0 Å². The molecule has 142 valence electrons. The van der Waals surface area contributed by atoms with Crippen molar-refractivity contribution in [3.63, 3.8) is 0 Å². The van der Waals surface area contributed by atoms with Crippen molar-refractivity contribution in [2.75, 3.05) is 19.0 Å². The Kier molecular flexibility index (Phi) is 4.57. The Bertz CT molecular complexity index is 1140. The largest absolute Gasteiger partial charge is 0.377 e. The number of hydrogen-bond acceptors (Lipinski definition) is 5. The Balaban J connectivity index is 1.96. The average molecular weight is 372 g/mol. The van der Waals surface area contributed by atoms with Gasteiger partial charge in [0.1, 0.15) is 0 Å². The quantitative estimate of drug-likeness (QED) is 0.589. The molecule has 3 heterocycles. The maximum absolute atomic E-state index is 6.03. The molecule has 1 atom stereocenters. The third-order valence-corrected chi connectivity index (χ3v) is 4.77. The van der Waals surface area contributed by atoms with Gasteiger partial charge in [-0.05, 0) is 50.2 Å². The summed E-state index contributed by atoms with van der Waals surface area (Å²) in [6.07, 6.45) is 1.89. The fourth-order valence-corrected chi connectivity index (χ4v) is 3.32. The van der Waals surface area contributed by atoms with Crippen molar-refractivity contribution >= 4 is 16.6 Å². The van der Waals surface area contributed by atoms with Gasteiger partial charge in [-0.25, -0.2) is 9.67 Å². The van der Waals surface area contributed by atoms with Crippen LogP contribution in [0.1, 0.15) is 24.4 Å². The van der Waals surface area contributed by atoms with Crippen molar-refractivity contribution < 1.29 is 0 Å². The second-order valence-electron chi connectivity index (χ2n) is 7.25. The van der Waals surface area contributed by atoms with Gasteiger partial charge in [0.25, 0.3) is 0 Å². The molecule has 4 aromatic rings. The van der Waals surface area contributed by atoms with Gasteiger partial charge in [0.05, 0.1) is 23.1 Å². The average Bonchev–Trinajstić information content (AvgIpc) is 3.11. The van der Waals surface area contributed by atoms with E-state index in [1.165, 1.54) is 0 Å². The summed E-state index contributed by atoms with van der Waals surface area (Å²) < 4.78 is 1.88. The van der Waals surface area contributed by atoms with Crippen molar-refractivity contribution in [2.24, 2.45) is 5.73 Å². The number of aryl methyl sites for hydroxylation is 1. The lowest BCUT2D eigenvalue weighted by atomic mass is 10.1. The van der Waals surface area contributed by atoms with Gasteiger partial charge in [-0.3, -0.25) is 4.98 Å². The van der Waals surface area contributed by atoms with Gasteiger partial charge in [0, 0.05) is 42.5 Å². The van der Waals surface area contributed by atoms with Crippen LogP contribution >= 0.6 is 0 Å². The zero-order valence-electron chi connectivity index (χ0n) is 16.6. The van der Waals surface area contributed by atoms with Crippen LogP contribution in [0.4, 0.5) is 5.69 Å². The van der Waals surface area contributed by atoms with E-state index in [1.54, 1.807) is 0 Å². The Morgan fingerprint density at radius 3 is 2.54 bits per heavy atom. The standard InChI is InChI=1S/C22H24N6/c1-14-7-5-10-22(25-14)28-21-12-16(11-20(27(3)4)17(21)13-24-28)19-9-6-8-18(26-19)15(2)23/h5-13,15H,23H2,1-4H3. The Hall–Kier alpha value is -3.25. The van der Waals surface area contributed by atoms with Gasteiger partial charge >= 0.3 is 0 Å². The molecule has 0 bridgehead atoms. The first-order valence-corrected chi connectivity index (χ1v) is 9.30. The Labute approximate surface area is 164 Å². The van der Waals surface area contributed by atoms with Crippen LogP contribution < -0.4 is 10.6 Å². The molecular weight excluding hydrogens is 348 g/mol. The number of rotatable bonds is 4. The van der Waals surface area contributed by atoms with Gasteiger partial charge in [-0.2, -0.15) is 5.10 Å². The number of nitrogens with two attached hydrogens (primary N) is 1. The smallest absolute Gasteiger partial charge is 0.154 e. The molecule has 3 aromatic heterocycles. The molecule has 1 unspecified atom stereocenters. The lowest BCUT2D eigenvalue weighted by molar-refractivity contribution is 0.782. The minimum atomic E-state index is -0.112. The second-order valence-corrected chi connectivity index (χ2v) is 7.25. The first kappa shape index (κ1) is 18.1. The summed E-state index contributed by atoms with van der Waals surface area (Å²) in [4.78, 5) is 11.5. The lowest BCUT2D eigenvalue weighted by Gasteiger charge is -2.16. The highest BCUT2D eigenvalue weighted by Gasteiger charge is 2.15. The molecule has 28 heavy (non-hydrogen) atoms. The van der Waals surface area contributed by atoms with Crippen LogP contribution in [0, 0.1) is 6.92 Å². The predicted octanol–water partition coefficient (Wildman–Crippen LogP) is 3.88. The lowest BCUT2D eigenvalue weighted by Crippen LogP contribution is -2.10. The van der Waals surface area contributed by atoms with E-state index < -0.39 is 0 Å². The number of fused-ring (bicyclic) bond motifs is 1. The van der Waals surface area contributed by atoms with Gasteiger partial charge in [-0.1, -0.05) is 12.1 Å². The summed E-state index contributed by atoms with van der Waals surface area (Å²) in [6.45, 7) is 3.92. The highest BCUT2D eigenvalue weighted by atomic mass is 15.3. The third-order valence-electron chi connectivity index (χ3n) is 4.77. The zero-order valence-corrected chi connectivity index (χ0v) is 16.6. The molecule has 2 N–H and O–H groups in total. The molecule has 0 saturated carbocycles. The summed E-state index contributed by atoms with van der Waals surface area (Å²) in [5.74, 6) is 0.800.